The van der Waals surface area contributed by atoms with Crippen LogP contribution in [0.5, 0.6) is 5.75 Å². The van der Waals surface area contributed by atoms with Crippen molar-refractivity contribution < 1.29 is 22.7 Å². The normalized spacial score (nSPS) is 12.7. The van der Waals surface area contributed by atoms with Gasteiger partial charge < -0.3 is 15.4 Å². The number of amides is 1. The summed E-state index contributed by atoms with van der Waals surface area (Å²) in [5, 5.41) is 9.57. The third kappa shape index (κ3) is 5.21. The lowest BCUT2D eigenvalue weighted by Gasteiger charge is -2.15. The molecule has 1 aromatic carbocycles. The molecule has 0 bridgehead atoms. The zero-order valence-corrected chi connectivity index (χ0v) is 13.8. The Bertz CT molecular complexity index is 715. The van der Waals surface area contributed by atoms with Gasteiger partial charge in [0.1, 0.15) is 18.4 Å². The summed E-state index contributed by atoms with van der Waals surface area (Å²) in [4.78, 5) is 12.2. The van der Waals surface area contributed by atoms with Crippen LogP contribution in [-0.4, -0.2) is 35.9 Å². The summed E-state index contributed by atoms with van der Waals surface area (Å²) in [6.07, 6.45) is -1.11. The van der Waals surface area contributed by atoms with Crippen LogP contribution in [0.15, 0.2) is 36.7 Å². The summed E-state index contributed by atoms with van der Waals surface area (Å²) >= 11 is 0. The van der Waals surface area contributed by atoms with Crippen LogP contribution in [0.1, 0.15) is 17.2 Å². The number of halogens is 3. The maximum atomic E-state index is 12.6. The monoisotopic (exact) mass is 356 g/mol. The fourth-order valence-corrected chi connectivity index (χ4v) is 2.25. The van der Waals surface area contributed by atoms with Crippen molar-refractivity contribution in [3.63, 3.8) is 0 Å². The van der Waals surface area contributed by atoms with Crippen LogP contribution >= 0.6 is 0 Å². The Balaban J connectivity index is 1.83. The lowest BCUT2D eigenvalue weighted by atomic mass is 10.1. The third-order valence-electron chi connectivity index (χ3n) is 3.44. The van der Waals surface area contributed by atoms with E-state index in [2.05, 4.69) is 15.7 Å². The van der Waals surface area contributed by atoms with Crippen LogP contribution in [0.3, 0.4) is 0 Å². The average molecular weight is 356 g/mol. The number of benzene rings is 1. The van der Waals surface area contributed by atoms with Gasteiger partial charge in [0.25, 0.3) is 0 Å². The predicted octanol–water partition coefficient (Wildman–Crippen LogP) is 1.89. The molecule has 9 heteroatoms. The highest BCUT2D eigenvalue weighted by molar-refractivity contribution is 5.82. The van der Waals surface area contributed by atoms with Gasteiger partial charge in [0, 0.05) is 18.8 Å². The SMILES string of the molecule is CNC(C(=O)NCCOc1cccc(C(F)(F)F)c1)c1cnn(C)c1. The Labute approximate surface area is 143 Å². The van der Waals surface area contributed by atoms with E-state index in [1.165, 1.54) is 12.1 Å². The third-order valence-corrected chi connectivity index (χ3v) is 3.44. The van der Waals surface area contributed by atoms with Gasteiger partial charge in [0.05, 0.1) is 18.3 Å². The highest BCUT2D eigenvalue weighted by Crippen LogP contribution is 2.31. The van der Waals surface area contributed by atoms with Crippen molar-refractivity contribution in [2.45, 2.75) is 12.2 Å². The summed E-state index contributed by atoms with van der Waals surface area (Å²) < 4.78 is 44.7. The van der Waals surface area contributed by atoms with Crippen molar-refractivity contribution in [1.82, 2.24) is 20.4 Å². The van der Waals surface area contributed by atoms with E-state index in [9.17, 15) is 18.0 Å². The second-order valence-corrected chi connectivity index (χ2v) is 5.33. The lowest BCUT2D eigenvalue weighted by Crippen LogP contribution is -2.37. The Morgan fingerprint density at radius 2 is 2.16 bits per heavy atom. The topological polar surface area (TPSA) is 68.2 Å². The smallest absolute Gasteiger partial charge is 0.416 e. The van der Waals surface area contributed by atoms with Crippen LogP contribution in [0.2, 0.25) is 0 Å². The number of ether oxygens (including phenoxy) is 1. The van der Waals surface area contributed by atoms with E-state index in [1.54, 1.807) is 31.2 Å². The van der Waals surface area contributed by atoms with Crippen molar-refractivity contribution in [2.24, 2.45) is 7.05 Å². The van der Waals surface area contributed by atoms with E-state index in [0.717, 1.165) is 12.1 Å². The molecule has 0 spiro atoms. The molecule has 2 N–H and O–H groups in total. The van der Waals surface area contributed by atoms with Gasteiger partial charge >= 0.3 is 6.18 Å². The molecule has 0 aliphatic rings. The van der Waals surface area contributed by atoms with Gasteiger partial charge in [-0.1, -0.05) is 6.07 Å². The number of nitrogens with one attached hydrogen (secondary N) is 2. The molecule has 0 aliphatic carbocycles. The number of aryl methyl sites for hydroxylation is 1. The molecule has 136 valence electrons. The number of hydrogen-bond acceptors (Lipinski definition) is 4. The molecule has 1 unspecified atom stereocenters. The number of alkyl halides is 3. The zero-order valence-electron chi connectivity index (χ0n) is 13.8. The number of aromatic nitrogens is 2. The van der Waals surface area contributed by atoms with E-state index in [1.807, 2.05) is 0 Å². The fourth-order valence-electron chi connectivity index (χ4n) is 2.25. The summed E-state index contributed by atoms with van der Waals surface area (Å²) in [5.74, 6) is -0.176. The molecule has 25 heavy (non-hydrogen) atoms. The van der Waals surface area contributed by atoms with Gasteiger partial charge in [-0.25, -0.2) is 0 Å². The van der Waals surface area contributed by atoms with Crippen molar-refractivity contribution in [3.05, 3.63) is 47.8 Å². The summed E-state index contributed by atoms with van der Waals surface area (Å²) in [6.45, 7) is 0.212. The van der Waals surface area contributed by atoms with Gasteiger partial charge in [-0.2, -0.15) is 18.3 Å². The van der Waals surface area contributed by atoms with Crippen molar-refractivity contribution in [2.75, 3.05) is 20.2 Å². The van der Waals surface area contributed by atoms with E-state index >= 15 is 0 Å². The average Bonchev–Trinajstić information content (AvgIpc) is 2.98. The number of rotatable bonds is 7. The van der Waals surface area contributed by atoms with Gasteiger partial charge in [-0.3, -0.25) is 9.48 Å². The minimum absolute atomic E-state index is 0.0521. The molecule has 2 rings (SSSR count). The molecule has 6 nitrogen and oxygen atoms in total. The standard InChI is InChI=1S/C16H19F3N4O2/c1-20-14(11-9-22-23(2)10-11)15(24)21-6-7-25-13-5-3-4-12(8-13)16(17,18)19/h3-5,8-10,14,20H,6-7H2,1-2H3,(H,21,24). The number of nitrogens with zero attached hydrogens (tertiary/aromatic N) is 2. The molecule has 0 fully saturated rings. The number of carbonyl (C=O) groups excluding carboxylic acids is 1. The lowest BCUT2D eigenvalue weighted by molar-refractivity contribution is -0.137. The Morgan fingerprint density at radius 1 is 1.40 bits per heavy atom. The molecule has 1 aromatic heterocycles. The second kappa shape index (κ2) is 8.02. The Kier molecular flexibility index (Phi) is 6.02. The minimum Gasteiger partial charge on any atom is -0.492 e. The Morgan fingerprint density at radius 3 is 2.76 bits per heavy atom. The van der Waals surface area contributed by atoms with Gasteiger partial charge in [0.2, 0.25) is 5.91 Å². The first-order valence-electron chi connectivity index (χ1n) is 7.55. The molecular formula is C16H19F3N4O2. The molecule has 0 saturated carbocycles. The molecule has 1 heterocycles. The number of hydrogen-bond donors (Lipinski definition) is 2. The van der Waals surface area contributed by atoms with E-state index in [-0.39, 0.29) is 24.8 Å². The summed E-state index contributed by atoms with van der Waals surface area (Å²) in [7, 11) is 3.40. The van der Waals surface area contributed by atoms with Crippen LogP contribution in [0, 0.1) is 0 Å². The van der Waals surface area contributed by atoms with E-state index in [4.69, 9.17) is 4.74 Å². The highest BCUT2D eigenvalue weighted by Gasteiger charge is 2.30. The first-order chi connectivity index (χ1) is 11.8. The number of likely N-dealkylation sites (N-methyl/N-ethyl adjacent to an activating group) is 1. The van der Waals surface area contributed by atoms with E-state index in [0.29, 0.717) is 5.56 Å². The molecule has 0 aliphatic heterocycles. The Hall–Kier alpha value is -2.55. The molecule has 1 atom stereocenters. The number of carbonyl (C=O) groups is 1. The maximum absolute atomic E-state index is 12.6. The predicted molar refractivity (Wildman–Crippen MR) is 85.0 cm³/mol. The van der Waals surface area contributed by atoms with Gasteiger partial charge in [-0.05, 0) is 25.2 Å². The van der Waals surface area contributed by atoms with Gasteiger partial charge in [0.15, 0.2) is 0 Å². The molecule has 1 amide bonds. The second-order valence-electron chi connectivity index (χ2n) is 5.33. The summed E-state index contributed by atoms with van der Waals surface area (Å²) in [6, 6.07) is 4.04. The highest BCUT2D eigenvalue weighted by atomic mass is 19.4. The van der Waals surface area contributed by atoms with Crippen molar-refractivity contribution in [1.29, 1.82) is 0 Å². The molecule has 0 radical (unpaired) electrons. The largest absolute Gasteiger partial charge is 0.492 e. The van der Waals surface area contributed by atoms with Gasteiger partial charge in [-0.15, -0.1) is 0 Å². The van der Waals surface area contributed by atoms with Crippen LogP contribution in [0.4, 0.5) is 13.2 Å². The molecular weight excluding hydrogens is 337 g/mol. The minimum atomic E-state index is -4.42. The quantitative estimate of drug-likeness (QED) is 0.744. The van der Waals surface area contributed by atoms with Crippen molar-refractivity contribution in [3.8, 4) is 5.75 Å². The fraction of sp³-hybridized carbons (Fsp3) is 0.375. The van der Waals surface area contributed by atoms with Crippen LogP contribution < -0.4 is 15.4 Å². The zero-order chi connectivity index (χ0) is 18.4. The maximum Gasteiger partial charge on any atom is 0.416 e. The first kappa shape index (κ1) is 18.8. The van der Waals surface area contributed by atoms with Crippen molar-refractivity contribution >= 4 is 5.91 Å². The van der Waals surface area contributed by atoms with Crippen LogP contribution in [-0.2, 0) is 18.0 Å². The van der Waals surface area contributed by atoms with E-state index < -0.39 is 17.8 Å². The first-order valence-corrected chi connectivity index (χ1v) is 7.55. The van der Waals surface area contributed by atoms with Crippen LogP contribution in [0.25, 0.3) is 0 Å². The summed E-state index contributed by atoms with van der Waals surface area (Å²) in [5.41, 5.74) is -0.0674. The molecule has 2 aromatic rings. The molecule has 0 saturated heterocycles.